The fourth-order valence-corrected chi connectivity index (χ4v) is 1.88. The molecule has 0 saturated heterocycles. The molecule has 0 fully saturated rings. The topological polar surface area (TPSA) is 39.4 Å². The third kappa shape index (κ3) is 4.94. The Hall–Kier alpha value is -0.880. The molecule has 0 unspecified atom stereocenters. The molecular formula is C12H21N3. The molecule has 0 aromatic carbocycles. The van der Waals surface area contributed by atoms with Gasteiger partial charge >= 0.3 is 0 Å². The highest BCUT2D eigenvalue weighted by atomic mass is 15.1. The second-order valence-electron chi connectivity index (χ2n) is 4.52. The number of hydrogen-bond acceptors (Lipinski definition) is 3. The lowest BCUT2D eigenvalue weighted by Crippen LogP contribution is -2.34. The molecule has 15 heavy (non-hydrogen) atoms. The van der Waals surface area contributed by atoms with Gasteiger partial charge in [-0.05, 0) is 26.8 Å². The summed E-state index contributed by atoms with van der Waals surface area (Å²) < 4.78 is 0. The van der Waals surface area contributed by atoms with E-state index in [-0.39, 0.29) is 5.92 Å². The minimum absolute atomic E-state index is 0.211. The summed E-state index contributed by atoms with van der Waals surface area (Å²) in [6, 6.07) is 2.76. The molecule has 0 bridgehead atoms. The zero-order valence-electron chi connectivity index (χ0n) is 9.82. The normalized spacial score (nSPS) is 23.7. The van der Waals surface area contributed by atoms with Gasteiger partial charge in [0.2, 0.25) is 0 Å². The second kappa shape index (κ2) is 6.58. The van der Waals surface area contributed by atoms with Gasteiger partial charge in [-0.2, -0.15) is 5.26 Å². The summed E-state index contributed by atoms with van der Waals surface area (Å²) >= 11 is 0. The summed E-state index contributed by atoms with van der Waals surface area (Å²) in [5, 5.41) is 8.64. The van der Waals surface area contributed by atoms with Crippen LogP contribution in [0, 0.1) is 17.2 Å². The molecule has 84 valence electrons. The highest BCUT2D eigenvalue weighted by Gasteiger charge is 2.12. The molecule has 0 spiro atoms. The predicted octanol–water partition coefficient (Wildman–Crippen LogP) is 2.09. The fraction of sp³-hybridized carbons (Fsp3) is 0.833. The number of nitriles is 1. The molecule has 1 aliphatic rings. The summed E-state index contributed by atoms with van der Waals surface area (Å²) in [5.41, 5.74) is 0. The zero-order chi connectivity index (χ0) is 11.1. The van der Waals surface area contributed by atoms with Crippen molar-refractivity contribution < 1.29 is 0 Å². The summed E-state index contributed by atoms with van der Waals surface area (Å²) in [6.07, 6.45) is 6.57. The maximum absolute atomic E-state index is 8.64. The van der Waals surface area contributed by atoms with Crippen LogP contribution < -0.4 is 0 Å². The number of hydrogen-bond donors (Lipinski definition) is 0. The Morgan fingerprint density at radius 2 is 2.40 bits per heavy atom. The molecule has 0 aromatic rings. The van der Waals surface area contributed by atoms with Crippen molar-refractivity contribution in [1.29, 1.82) is 5.26 Å². The summed E-state index contributed by atoms with van der Waals surface area (Å²) in [5.74, 6) is 0.211. The van der Waals surface area contributed by atoms with E-state index in [1.165, 1.54) is 12.8 Å². The van der Waals surface area contributed by atoms with E-state index in [1.807, 2.05) is 13.1 Å². The van der Waals surface area contributed by atoms with E-state index in [0.717, 1.165) is 25.9 Å². The van der Waals surface area contributed by atoms with Gasteiger partial charge in [-0.3, -0.25) is 9.89 Å². The van der Waals surface area contributed by atoms with Gasteiger partial charge in [0, 0.05) is 25.2 Å². The van der Waals surface area contributed by atoms with Crippen molar-refractivity contribution in [2.75, 3.05) is 20.1 Å². The van der Waals surface area contributed by atoms with E-state index >= 15 is 0 Å². The van der Waals surface area contributed by atoms with Gasteiger partial charge in [0.25, 0.3) is 0 Å². The summed E-state index contributed by atoms with van der Waals surface area (Å²) in [4.78, 5) is 6.79. The Labute approximate surface area is 92.8 Å². The first-order chi connectivity index (χ1) is 7.22. The summed E-state index contributed by atoms with van der Waals surface area (Å²) in [7, 11) is 2.13. The third-order valence-electron chi connectivity index (χ3n) is 2.88. The Kier molecular flexibility index (Phi) is 5.34. The van der Waals surface area contributed by atoms with Crippen molar-refractivity contribution in [3.8, 4) is 6.07 Å². The molecule has 0 radical (unpaired) electrons. The highest BCUT2D eigenvalue weighted by Crippen LogP contribution is 2.13. The first kappa shape index (κ1) is 12.2. The van der Waals surface area contributed by atoms with Crippen LogP contribution in [0.3, 0.4) is 0 Å². The highest BCUT2D eigenvalue weighted by molar-refractivity contribution is 5.60. The Morgan fingerprint density at radius 1 is 1.60 bits per heavy atom. The zero-order valence-corrected chi connectivity index (χ0v) is 9.82. The Bertz CT molecular complexity index is 242. The van der Waals surface area contributed by atoms with Gasteiger partial charge in [0.15, 0.2) is 0 Å². The SMILES string of the molecule is C[C@@H](C#N)CCCC[C@@H]1CN(C)CC=N1. The van der Waals surface area contributed by atoms with Crippen LogP contribution in [0.15, 0.2) is 4.99 Å². The Balaban J connectivity index is 2.08. The van der Waals surface area contributed by atoms with Gasteiger partial charge in [-0.1, -0.05) is 12.8 Å². The number of likely N-dealkylation sites (N-methyl/N-ethyl adjacent to an activating group) is 1. The second-order valence-corrected chi connectivity index (χ2v) is 4.52. The van der Waals surface area contributed by atoms with Crippen LogP contribution in [0.2, 0.25) is 0 Å². The Morgan fingerprint density at radius 3 is 3.07 bits per heavy atom. The maximum Gasteiger partial charge on any atom is 0.0652 e. The van der Waals surface area contributed by atoms with Crippen LogP contribution in [-0.4, -0.2) is 37.3 Å². The van der Waals surface area contributed by atoms with Crippen LogP contribution in [0.25, 0.3) is 0 Å². The van der Waals surface area contributed by atoms with Gasteiger partial charge in [0.1, 0.15) is 0 Å². The standard InChI is InChI=1S/C12H21N3/c1-11(9-13)5-3-4-6-12-10-15(2)8-7-14-12/h7,11-12H,3-6,8,10H2,1-2H3/t11-,12-/m1/s1. The minimum Gasteiger partial charge on any atom is -0.299 e. The van der Waals surface area contributed by atoms with Crippen LogP contribution in [0.4, 0.5) is 0 Å². The van der Waals surface area contributed by atoms with E-state index in [9.17, 15) is 0 Å². The molecule has 0 aliphatic carbocycles. The van der Waals surface area contributed by atoms with Crippen LogP contribution >= 0.6 is 0 Å². The van der Waals surface area contributed by atoms with Crippen LogP contribution in [0.5, 0.6) is 0 Å². The predicted molar refractivity (Wildman–Crippen MR) is 63.0 cm³/mol. The van der Waals surface area contributed by atoms with E-state index in [2.05, 4.69) is 23.0 Å². The van der Waals surface area contributed by atoms with Gasteiger partial charge < -0.3 is 0 Å². The molecule has 1 aliphatic heterocycles. The average Bonchev–Trinajstić information content (AvgIpc) is 2.24. The van der Waals surface area contributed by atoms with Crippen molar-refractivity contribution in [2.24, 2.45) is 10.9 Å². The van der Waals surface area contributed by atoms with E-state index in [4.69, 9.17) is 5.26 Å². The average molecular weight is 207 g/mol. The van der Waals surface area contributed by atoms with Crippen molar-refractivity contribution in [3.05, 3.63) is 0 Å². The first-order valence-electron chi connectivity index (χ1n) is 5.82. The minimum atomic E-state index is 0.211. The van der Waals surface area contributed by atoms with Crippen molar-refractivity contribution in [3.63, 3.8) is 0 Å². The molecule has 1 rings (SSSR count). The largest absolute Gasteiger partial charge is 0.299 e. The molecular weight excluding hydrogens is 186 g/mol. The molecule has 3 heteroatoms. The number of rotatable bonds is 5. The number of aliphatic imine (C=N–C) groups is 1. The van der Waals surface area contributed by atoms with Gasteiger partial charge in [-0.25, -0.2) is 0 Å². The molecule has 3 nitrogen and oxygen atoms in total. The molecule has 1 heterocycles. The van der Waals surface area contributed by atoms with Crippen LogP contribution in [0.1, 0.15) is 32.6 Å². The monoisotopic (exact) mass is 207 g/mol. The van der Waals surface area contributed by atoms with Gasteiger partial charge in [-0.15, -0.1) is 0 Å². The lowest BCUT2D eigenvalue weighted by atomic mass is 10.0. The fourth-order valence-electron chi connectivity index (χ4n) is 1.88. The quantitative estimate of drug-likeness (QED) is 0.648. The lowest BCUT2D eigenvalue weighted by Gasteiger charge is -2.24. The van der Waals surface area contributed by atoms with E-state index in [1.54, 1.807) is 0 Å². The molecule has 0 saturated carbocycles. The van der Waals surface area contributed by atoms with Crippen molar-refractivity contribution in [1.82, 2.24) is 4.90 Å². The van der Waals surface area contributed by atoms with Crippen molar-refractivity contribution in [2.45, 2.75) is 38.6 Å². The first-order valence-corrected chi connectivity index (χ1v) is 5.82. The van der Waals surface area contributed by atoms with E-state index in [0.29, 0.717) is 6.04 Å². The van der Waals surface area contributed by atoms with Crippen LogP contribution in [-0.2, 0) is 0 Å². The maximum atomic E-state index is 8.64. The molecule has 2 atom stereocenters. The van der Waals surface area contributed by atoms with E-state index < -0.39 is 0 Å². The molecule has 0 N–H and O–H groups in total. The number of nitrogens with zero attached hydrogens (tertiary/aromatic N) is 3. The summed E-state index contributed by atoms with van der Waals surface area (Å²) in [6.45, 7) is 4.07. The smallest absolute Gasteiger partial charge is 0.0652 e. The molecule has 0 aromatic heterocycles. The number of unbranched alkanes of at least 4 members (excludes halogenated alkanes) is 1. The van der Waals surface area contributed by atoms with Gasteiger partial charge in [0.05, 0.1) is 12.1 Å². The third-order valence-corrected chi connectivity index (χ3v) is 2.88. The lowest BCUT2D eigenvalue weighted by molar-refractivity contribution is 0.325. The molecule has 0 amide bonds. The van der Waals surface area contributed by atoms with Crippen molar-refractivity contribution >= 4 is 6.21 Å².